The Balaban J connectivity index is 4.49. The first-order chi connectivity index (χ1) is 25.1. The second-order valence-corrected chi connectivity index (χ2v) is 14.2. The van der Waals surface area contributed by atoms with E-state index in [4.69, 9.17) is 24.8 Å². The number of nitrogens with two attached hydrogens (primary N) is 1. The van der Waals surface area contributed by atoms with Crippen LogP contribution in [0.1, 0.15) is 142 Å². The summed E-state index contributed by atoms with van der Waals surface area (Å²) in [7, 11) is -4.72. The molecule has 0 aliphatic carbocycles. The van der Waals surface area contributed by atoms with Gasteiger partial charge in [-0.15, -0.1) is 0 Å². The van der Waals surface area contributed by atoms with Gasteiger partial charge in [0.25, 0.3) is 0 Å². The second-order valence-electron chi connectivity index (χ2n) is 12.8. The first-order valence-electron chi connectivity index (χ1n) is 19.4. The summed E-state index contributed by atoms with van der Waals surface area (Å²) >= 11 is 0. The molecule has 0 fully saturated rings. The Morgan fingerprint density at radius 1 is 0.615 bits per heavy atom. The molecule has 0 aromatic rings. The SMILES string of the molecule is CC/C=C/C=C/C=C/CCCCCCCC(=O)OC(COC(=O)CCCCCCCC/C=C/C=C/CCCCC)COP(=O)(O)OC[C@H](N)C(=O)O. The van der Waals surface area contributed by atoms with Crippen LogP contribution in [0.4, 0.5) is 0 Å². The lowest BCUT2D eigenvalue weighted by Gasteiger charge is -2.20. The van der Waals surface area contributed by atoms with E-state index < -0.39 is 51.1 Å². The number of allylic oxidation sites excluding steroid dienone is 10. The summed E-state index contributed by atoms with van der Waals surface area (Å²) in [5.41, 5.74) is 5.31. The number of carbonyl (C=O) groups is 3. The highest BCUT2D eigenvalue weighted by atomic mass is 31.2. The molecule has 3 atom stereocenters. The van der Waals surface area contributed by atoms with Crippen LogP contribution < -0.4 is 5.73 Å². The summed E-state index contributed by atoms with van der Waals surface area (Å²) in [6, 6.07) is -1.53. The monoisotopic (exact) mass is 753 g/mol. The van der Waals surface area contributed by atoms with E-state index in [0.717, 1.165) is 83.5 Å². The molecule has 0 aromatic heterocycles. The number of aliphatic carboxylic acids is 1. The molecule has 298 valence electrons. The molecule has 2 unspecified atom stereocenters. The van der Waals surface area contributed by atoms with Crippen LogP contribution in [0, 0.1) is 0 Å². The van der Waals surface area contributed by atoms with E-state index in [0.29, 0.717) is 12.8 Å². The van der Waals surface area contributed by atoms with E-state index in [1.165, 1.54) is 19.3 Å². The molecule has 0 aromatic carbocycles. The van der Waals surface area contributed by atoms with Crippen LogP contribution in [-0.2, 0) is 37.5 Å². The van der Waals surface area contributed by atoms with Crippen molar-refractivity contribution in [3.05, 3.63) is 60.8 Å². The van der Waals surface area contributed by atoms with Crippen molar-refractivity contribution in [1.29, 1.82) is 0 Å². The summed E-state index contributed by atoms with van der Waals surface area (Å²) in [6.45, 7) is 2.57. The zero-order valence-corrected chi connectivity index (χ0v) is 32.8. The molecule has 0 amide bonds. The molecule has 12 heteroatoms. The van der Waals surface area contributed by atoms with Crippen LogP contribution in [0.2, 0.25) is 0 Å². The first-order valence-corrected chi connectivity index (χ1v) is 20.9. The highest BCUT2D eigenvalue weighted by Crippen LogP contribution is 2.43. The summed E-state index contributed by atoms with van der Waals surface area (Å²) in [6.07, 6.45) is 38.6. The van der Waals surface area contributed by atoms with Gasteiger partial charge < -0.3 is 25.2 Å². The number of hydrogen-bond acceptors (Lipinski definition) is 9. The molecule has 0 bridgehead atoms. The molecular formula is C40H68NO10P. The number of carbonyl (C=O) groups excluding carboxylic acids is 2. The van der Waals surface area contributed by atoms with E-state index in [1.54, 1.807) is 0 Å². The van der Waals surface area contributed by atoms with Crippen molar-refractivity contribution < 1.29 is 47.5 Å². The van der Waals surface area contributed by atoms with Crippen molar-refractivity contribution in [3.8, 4) is 0 Å². The minimum Gasteiger partial charge on any atom is -0.480 e. The minimum atomic E-state index is -4.72. The number of phosphoric ester groups is 1. The maximum absolute atomic E-state index is 12.6. The molecule has 0 radical (unpaired) electrons. The average Bonchev–Trinajstić information content (AvgIpc) is 3.12. The molecule has 0 spiro atoms. The molecule has 4 N–H and O–H groups in total. The molecule has 0 saturated carbocycles. The third-order valence-corrected chi connectivity index (χ3v) is 8.79. The largest absolute Gasteiger partial charge is 0.480 e. The fraction of sp³-hybridized carbons (Fsp3) is 0.675. The number of phosphoric acid groups is 1. The molecule has 0 aliphatic rings. The third-order valence-electron chi connectivity index (χ3n) is 7.84. The second kappa shape index (κ2) is 35.2. The molecule has 11 nitrogen and oxygen atoms in total. The maximum atomic E-state index is 12.6. The van der Waals surface area contributed by atoms with Crippen molar-refractivity contribution in [2.45, 2.75) is 154 Å². The van der Waals surface area contributed by atoms with E-state index >= 15 is 0 Å². The average molecular weight is 754 g/mol. The highest BCUT2D eigenvalue weighted by molar-refractivity contribution is 7.47. The van der Waals surface area contributed by atoms with Crippen molar-refractivity contribution in [1.82, 2.24) is 0 Å². The van der Waals surface area contributed by atoms with Gasteiger partial charge in [0.2, 0.25) is 0 Å². The Bertz CT molecular complexity index is 1120. The predicted molar refractivity (Wildman–Crippen MR) is 208 cm³/mol. The minimum absolute atomic E-state index is 0.133. The third kappa shape index (κ3) is 34.3. The van der Waals surface area contributed by atoms with Crippen LogP contribution in [0.25, 0.3) is 0 Å². The fourth-order valence-corrected chi connectivity index (χ4v) is 5.54. The van der Waals surface area contributed by atoms with Gasteiger partial charge in [-0.3, -0.25) is 23.4 Å². The van der Waals surface area contributed by atoms with Crippen LogP contribution in [-0.4, -0.2) is 59.9 Å². The van der Waals surface area contributed by atoms with Crippen molar-refractivity contribution >= 4 is 25.7 Å². The Kier molecular flexibility index (Phi) is 33.3. The molecule has 0 heterocycles. The number of unbranched alkanes of at least 4 members (excludes halogenated alkanes) is 14. The summed E-state index contributed by atoms with van der Waals surface area (Å²) in [4.78, 5) is 45.8. The van der Waals surface area contributed by atoms with E-state index in [-0.39, 0.29) is 19.4 Å². The first kappa shape index (κ1) is 49.2. The van der Waals surface area contributed by atoms with Gasteiger partial charge in [0.1, 0.15) is 12.6 Å². The van der Waals surface area contributed by atoms with E-state index in [2.05, 4.69) is 54.8 Å². The van der Waals surface area contributed by atoms with Crippen LogP contribution in [0.15, 0.2) is 60.8 Å². The number of rotatable bonds is 35. The van der Waals surface area contributed by atoms with Gasteiger partial charge in [-0.25, -0.2) is 4.57 Å². The van der Waals surface area contributed by atoms with E-state index in [9.17, 15) is 23.8 Å². The zero-order chi connectivity index (χ0) is 38.5. The van der Waals surface area contributed by atoms with Gasteiger partial charge in [0.15, 0.2) is 6.10 Å². The van der Waals surface area contributed by atoms with Gasteiger partial charge in [-0.05, 0) is 57.8 Å². The van der Waals surface area contributed by atoms with Crippen LogP contribution in [0.5, 0.6) is 0 Å². The summed E-state index contributed by atoms with van der Waals surface area (Å²) < 4.78 is 32.5. The maximum Gasteiger partial charge on any atom is 0.472 e. The summed E-state index contributed by atoms with van der Waals surface area (Å²) in [5, 5.41) is 8.86. The lowest BCUT2D eigenvalue weighted by molar-refractivity contribution is -0.161. The number of carboxylic acids is 1. The number of esters is 2. The van der Waals surface area contributed by atoms with E-state index in [1.807, 2.05) is 24.3 Å². The Morgan fingerprint density at radius 2 is 1.08 bits per heavy atom. The number of ether oxygens (including phenoxy) is 2. The van der Waals surface area contributed by atoms with Gasteiger partial charge in [0.05, 0.1) is 13.2 Å². The van der Waals surface area contributed by atoms with Gasteiger partial charge in [-0.1, -0.05) is 132 Å². The van der Waals surface area contributed by atoms with Gasteiger partial charge in [0, 0.05) is 12.8 Å². The molecule has 0 aliphatic heterocycles. The normalized spacial score (nSPS) is 14.5. The highest BCUT2D eigenvalue weighted by Gasteiger charge is 2.28. The lowest BCUT2D eigenvalue weighted by Crippen LogP contribution is -2.34. The zero-order valence-electron chi connectivity index (χ0n) is 31.9. The molecule has 0 saturated heterocycles. The van der Waals surface area contributed by atoms with Crippen molar-refractivity contribution in [2.24, 2.45) is 5.73 Å². The summed E-state index contributed by atoms with van der Waals surface area (Å²) in [5.74, 6) is -2.43. The van der Waals surface area contributed by atoms with Gasteiger partial charge >= 0.3 is 25.7 Å². The standard InChI is InChI=1S/C40H68NO10P/c1-3-5-7-9-11-13-15-17-18-20-21-23-25-27-29-31-38(42)48-33-36(34-49-52(46,47)50-35-37(41)40(44)45)51-39(43)32-30-28-26-24-22-19-16-14-12-10-8-6-4-2/h6,8,10-17,36-37H,3-5,7,9,18-35,41H2,1-2H3,(H,44,45)(H,46,47)/b8-6+,12-10+,13-11+,16-14+,17-15+/t36?,37-/m0/s1. The van der Waals surface area contributed by atoms with Crippen molar-refractivity contribution in [2.75, 3.05) is 19.8 Å². The Labute approximate surface area is 313 Å². The fourth-order valence-electron chi connectivity index (χ4n) is 4.76. The molecule has 0 rings (SSSR count). The number of hydrogen-bond donors (Lipinski definition) is 3. The smallest absolute Gasteiger partial charge is 0.472 e. The number of carboxylic acid groups (broad SMARTS) is 1. The Hall–Kier alpha value is -2.82. The topological polar surface area (TPSA) is 172 Å². The van der Waals surface area contributed by atoms with Gasteiger partial charge in [-0.2, -0.15) is 0 Å². The van der Waals surface area contributed by atoms with Crippen LogP contribution >= 0.6 is 7.82 Å². The molecule has 52 heavy (non-hydrogen) atoms. The van der Waals surface area contributed by atoms with Crippen molar-refractivity contribution in [3.63, 3.8) is 0 Å². The Morgan fingerprint density at radius 3 is 1.62 bits per heavy atom. The van der Waals surface area contributed by atoms with Crippen LogP contribution in [0.3, 0.4) is 0 Å². The predicted octanol–water partition coefficient (Wildman–Crippen LogP) is 9.61. The molecular weight excluding hydrogens is 685 g/mol. The quantitative estimate of drug-likeness (QED) is 0.0244. The lowest BCUT2D eigenvalue weighted by atomic mass is 10.1.